The van der Waals surface area contributed by atoms with Gasteiger partial charge in [0.25, 0.3) is 11.8 Å². The molecule has 0 bridgehead atoms. The van der Waals surface area contributed by atoms with Crippen molar-refractivity contribution in [2.75, 3.05) is 6.54 Å². The average Bonchev–Trinajstić information content (AvgIpc) is 3.18. The molecule has 2 aromatic carbocycles. The van der Waals surface area contributed by atoms with Gasteiger partial charge in [-0.2, -0.15) is 5.10 Å². The monoisotopic (exact) mass is 421 g/mol. The fraction of sp³-hybridized carbons (Fsp3) is 0.261. The van der Waals surface area contributed by atoms with E-state index < -0.39 is 11.8 Å². The van der Waals surface area contributed by atoms with Gasteiger partial charge < -0.3 is 5.11 Å². The van der Waals surface area contributed by atoms with E-state index in [1.165, 1.54) is 10.9 Å². The molecule has 3 aromatic rings. The second-order valence-corrected chi connectivity index (χ2v) is 7.41. The predicted molar refractivity (Wildman–Crippen MR) is 118 cm³/mol. The molecule has 0 unspecified atom stereocenters. The van der Waals surface area contributed by atoms with Gasteiger partial charge in [0, 0.05) is 18.2 Å². The van der Waals surface area contributed by atoms with Crippen LogP contribution < -0.4 is 10.9 Å². The van der Waals surface area contributed by atoms with Crippen LogP contribution in [0.3, 0.4) is 0 Å². The minimum Gasteiger partial charge on any atom is -0.504 e. The molecule has 0 radical (unpaired) electrons. The van der Waals surface area contributed by atoms with E-state index in [9.17, 15) is 14.7 Å². The average molecular weight is 422 g/mol. The van der Waals surface area contributed by atoms with Crippen molar-refractivity contribution in [1.82, 2.24) is 25.5 Å². The Balaban J connectivity index is 1.59. The van der Waals surface area contributed by atoms with E-state index >= 15 is 0 Å². The number of hydrazine groups is 1. The number of aromatic hydroxyl groups is 1. The van der Waals surface area contributed by atoms with Crippen molar-refractivity contribution in [3.63, 3.8) is 0 Å². The van der Waals surface area contributed by atoms with Crippen LogP contribution in [0.25, 0.3) is 5.69 Å². The minimum absolute atomic E-state index is 0.187. The third-order valence-electron chi connectivity index (χ3n) is 4.96. The molecule has 162 valence electrons. The molecule has 8 nitrogen and oxygen atoms in total. The molecular formula is C23H27N5O3. The van der Waals surface area contributed by atoms with Gasteiger partial charge in [0.2, 0.25) is 0 Å². The first-order valence-electron chi connectivity index (χ1n) is 10.2. The summed E-state index contributed by atoms with van der Waals surface area (Å²) in [7, 11) is 0. The summed E-state index contributed by atoms with van der Waals surface area (Å²) >= 11 is 0. The number of hydrogen-bond donors (Lipinski definition) is 3. The highest BCUT2D eigenvalue weighted by Gasteiger charge is 2.18. The summed E-state index contributed by atoms with van der Waals surface area (Å²) in [6.07, 6.45) is 1.33. The van der Waals surface area contributed by atoms with E-state index in [0.29, 0.717) is 17.3 Å². The third kappa shape index (κ3) is 5.49. The number of nitrogens with zero attached hydrogens (tertiary/aromatic N) is 3. The quantitative estimate of drug-likeness (QED) is 0.510. The van der Waals surface area contributed by atoms with E-state index in [4.69, 9.17) is 0 Å². The highest BCUT2D eigenvalue weighted by atomic mass is 16.3. The molecule has 0 fully saturated rings. The lowest BCUT2D eigenvalue weighted by Gasteiger charge is -2.24. The zero-order chi connectivity index (χ0) is 22.4. The van der Waals surface area contributed by atoms with Crippen molar-refractivity contribution < 1.29 is 14.7 Å². The largest absolute Gasteiger partial charge is 0.504 e. The van der Waals surface area contributed by atoms with Crippen molar-refractivity contribution in [2.24, 2.45) is 0 Å². The number of rotatable bonds is 7. The summed E-state index contributed by atoms with van der Waals surface area (Å²) in [5, 5.41) is 14.1. The molecule has 0 aliphatic carbocycles. The minimum atomic E-state index is -0.715. The number of aromatic nitrogens is 2. The summed E-state index contributed by atoms with van der Waals surface area (Å²) < 4.78 is 1.39. The van der Waals surface area contributed by atoms with Crippen LogP contribution in [0.5, 0.6) is 5.75 Å². The van der Waals surface area contributed by atoms with Gasteiger partial charge in [-0.15, -0.1) is 0 Å². The molecule has 8 heteroatoms. The van der Waals surface area contributed by atoms with Crippen molar-refractivity contribution in [3.05, 3.63) is 77.6 Å². The molecule has 0 atom stereocenters. The molecule has 3 N–H and O–H groups in total. The fourth-order valence-corrected chi connectivity index (χ4v) is 3.14. The maximum atomic E-state index is 12.4. The van der Waals surface area contributed by atoms with Gasteiger partial charge in [0.05, 0.1) is 11.9 Å². The molecule has 0 saturated heterocycles. The van der Waals surface area contributed by atoms with Crippen LogP contribution >= 0.6 is 0 Å². The molecule has 0 aliphatic heterocycles. The Morgan fingerprint density at radius 1 is 1.03 bits per heavy atom. The van der Waals surface area contributed by atoms with Crippen LogP contribution in [0, 0.1) is 0 Å². The zero-order valence-corrected chi connectivity index (χ0v) is 17.9. The zero-order valence-electron chi connectivity index (χ0n) is 17.9. The smallest absolute Gasteiger partial charge is 0.294 e. The van der Waals surface area contributed by atoms with Crippen molar-refractivity contribution in [2.45, 2.75) is 33.4 Å². The molecular weight excluding hydrogens is 394 g/mol. The lowest BCUT2D eigenvalue weighted by atomic mass is 10.1. The van der Waals surface area contributed by atoms with E-state index in [1.54, 1.807) is 24.3 Å². The molecule has 1 heterocycles. The number of hydrogen-bond acceptors (Lipinski definition) is 5. The Labute approximate surface area is 181 Å². The van der Waals surface area contributed by atoms with Gasteiger partial charge in [0.1, 0.15) is 0 Å². The Morgan fingerprint density at radius 2 is 1.68 bits per heavy atom. The first-order chi connectivity index (χ1) is 14.9. The second kappa shape index (κ2) is 9.90. The van der Waals surface area contributed by atoms with Gasteiger partial charge in [-0.3, -0.25) is 25.3 Å². The van der Waals surface area contributed by atoms with Crippen LogP contribution in [0.2, 0.25) is 0 Å². The van der Waals surface area contributed by atoms with Crippen molar-refractivity contribution in [3.8, 4) is 11.4 Å². The van der Waals surface area contributed by atoms with Crippen LogP contribution in [-0.2, 0) is 6.54 Å². The van der Waals surface area contributed by atoms with E-state index in [1.807, 2.05) is 30.3 Å². The Morgan fingerprint density at radius 3 is 2.29 bits per heavy atom. The van der Waals surface area contributed by atoms with E-state index in [2.05, 4.69) is 41.6 Å². The molecule has 1 aromatic heterocycles. The lowest BCUT2D eigenvalue weighted by Crippen LogP contribution is -2.41. The molecule has 0 aliphatic rings. The second-order valence-electron chi connectivity index (χ2n) is 7.41. The molecule has 0 saturated carbocycles. The number of amides is 2. The fourth-order valence-electron chi connectivity index (χ4n) is 3.14. The summed E-state index contributed by atoms with van der Waals surface area (Å²) in [4.78, 5) is 27.0. The highest BCUT2D eigenvalue weighted by molar-refractivity contribution is 5.99. The normalized spacial score (nSPS) is 11.0. The highest BCUT2D eigenvalue weighted by Crippen LogP contribution is 2.17. The maximum absolute atomic E-state index is 12.4. The number of carbonyl (C=O) groups is 2. The standard InChI is InChI=1S/C23H27N5O3/c1-4-27(16(2)3)14-17-10-12-18(13-11-17)22(30)24-25-23(31)21-20(29)15-28(26-21)19-8-6-5-7-9-19/h5-13,15-16,29H,4,14H2,1-3H3,(H,24,30)(H,25,31). The maximum Gasteiger partial charge on any atom is 0.294 e. The summed E-state index contributed by atoms with van der Waals surface area (Å²) in [5.41, 5.74) is 6.67. The van der Waals surface area contributed by atoms with Gasteiger partial charge in [-0.1, -0.05) is 37.3 Å². The Bertz CT molecular complexity index is 1030. The lowest BCUT2D eigenvalue weighted by molar-refractivity contribution is 0.0842. The van der Waals surface area contributed by atoms with Gasteiger partial charge in [0.15, 0.2) is 11.4 Å². The number of para-hydroxylation sites is 1. The molecule has 0 spiro atoms. The van der Waals surface area contributed by atoms with Crippen molar-refractivity contribution in [1.29, 1.82) is 0 Å². The summed E-state index contributed by atoms with van der Waals surface area (Å²) in [6.45, 7) is 8.16. The topological polar surface area (TPSA) is 99.5 Å². The Kier molecular flexibility index (Phi) is 7.04. The van der Waals surface area contributed by atoms with Crippen LogP contribution in [-0.4, -0.2) is 44.2 Å². The van der Waals surface area contributed by atoms with Crippen LogP contribution in [0.4, 0.5) is 0 Å². The first-order valence-corrected chi connectivity index (χ1v) is 10.2. The van der Waals surface area contributed by atoms with E-state index in [-0.39, 0.29) is 11.4 Å². The summed E-state index contributed by atoms with van der Waals surface area (Å²) in [5.74, 6) is -1.46. The number of nitrogens with one attached hydrogen (secondary N) is 2. The molecule has 2 amide bonds. The number of benzene rings is 2. The third-order valence-corrected chi connectivity index (χ3v) is 4.96. The van der Waals surface area contributed by atoms with Crippen LogP contribution in [0.15, 0.2) is 60.8 Å². The van der Waals surface area contributed by atoms with Crippen molar-refractivity contribution >= 4 is 11.8 Å². The summed E-state index contributed by atoms with van der Waals surface area (Å²) in [6, 6.07) is 16.7. The SMILES string of the molecule is CCN(Cc1ccc(C(=O)NNC(=O)c2nn(-c3ccccc3)cc2O)cc1)C(C)C. The molecule has 3 rings (SSSR count). The number of carbonyl (C=O) groups excluding carboxylic acids is 2. The Hall–Kier alpha value is -3.65. The first kappa shape index (κ1) is 22.0. The van der Waals surface area contributed by atoms with Crippen LogP contribution in [0.1, 0.15) is 47.2 Å². The van der Waals surface area contributed by atoms with Gasteiger partial charge in [-0.05, 0) is 50.2 Å². The van der Waals surface area contributed by atoms with Gasteiger partial charge >= 0.3 is 0 Å². The molecule has 31 heavy (non-hydrogen) atoms. The van der Waals surface area contributed by atoms with E-state index in [0.717, 1.165) is 18.7 Å². The van der Waals surface area contributed by atoms with Gasteiger partial charge in [-0.25, -0.2) is 4.68 Å². The predicted octanol–water partition coefficient (Wildman–Crippen LogP) is 2.88.